The van der Waals surface area contributed by atoms with Gasteiger partial charge in [0.1, 0.15) is 29.0 Å². The van der Waals surface area contributed by atoms with Crippen LogP contribution in [0.15, 0.2) is 160 Å². The molecular formula is C55H59BBr2F3N5O8. The number of hydrogen-bond acceptors (Lipinski definition) is 10. The van der Waals surface area contributed by atoms with E-state index in [0.717, 1.165) is 53.8 Å². The zero-order valence-corrected chi connectivity index (χ0v) is 46.1. The van der Waals surface area contributed by atoms with Crippen LogP contribution in [0.3, 0.4) is 0 Å². The van der Waals surface area contributed by atoms with Crippen molar-refractivity contribution in [3.8, 4) is 11.1 Å². The summed E-state index contributed by atoms with van der Waals surface area (Å²) in [4.78, 5) is 36.8. The molecule has 8 aromatic rings. The van der Waals surface area contributed by atoms with Gasteiger partial charge in [-0.25, -0.2) is 13.2 Å². The summed E-state index contributed by atoms with van der Waals surface area (Å²) in [6.07, 6.45) is 4.35. The highest BCUT2D eigenvalue weighted by atomic mass is 79.9. The van der Waals surface area contributed by atoms with Crippen LogP contribution < -0.4 is 22.1 Å². The van der Waals surface area contributed by atoms with Crippen molar-refractivity contribution < 1.29 is 36.6 Å². The van der Waals surface area contributed by atoms with Crippen LogP contribution in [0.2, 0.25) is 0 Å². The highest BCUT2D eigenvalue weighted by Gasteiger charge is 2.53. The lowest BCUT2D eigenvalue weighted by molar-refractivity contribution is 0.00578. The van der Waals surface area contributed by atoms with Gasteiger partial charge in [-0.05, 0) is 168 Å². The Morgan fingerprint density at radius 3 is 1.59 bits per heavy atom. The van der Waals surface area contributed by atoms with Gasteiger partial charge in [-0.2, -0.15) is 0 Å². The quantitative estimate of drug-likeness (QED) is 0.147. The fraction of sp³-hybridized carbons (Fsp3) is 0.291. The van der Waals surface area contributed by atoms with Crippen LogP contribution in [-0.2, 0) is 9.31 Å². The average Bonchev–Trinajstić information content (AvgIpc) is 3.95. The Kier molecular flexibility index (Phi) is 20.3. The zero-order chi connectivity index (χ0) is 54.7. The SMILES string of the molecule is CC(O)c1ccccc1F.CC(c1cccc(F)c1)n1cc(Br)ccc1=O.Cc1noc(C)c1-c1ccc(=O)n(C(C)c2cccc(F)c2)c1.Cc1noc(C)c1B1OC(C)(C)C(C)(C)O1.O=c1ccc(Br)c[nH]1. The summed E-state index contributed by atoms with van der Waals surface area (Å²) >= 11 is 6.49. The van der Waals surface area contributed by atoms with Gasteiger partial charge < -0.3 is 37.6 Å². The highest BCUT2D eigenvalue weighted by molar-refractivity contribution is 9.10. The fourth-order valence-electron chi connectivity index (χ4n) is 7.48. The first-order valence-corrected chi connectivity index (χ1v) is 25.0. The zero-order valence-electron chi connectivity index (χ0n) is 42.9. The number of aromatic amines is 1. The number of pyridine rings is 3. The predicted molar refractivity (Wildman–Crippen MR) is 288 cm³/mol. The number of halogens is 5. The molecule has 0 radical (unpaired) electrons. The second-order valence-electron chi connectivity index (χ2n) is 18.3. The maximum atomic E-state index is 13.4. The van der Waals surface area contributed by atoms with Crippen molar-refractivity contribution in [3.05, 3.63) is 225 Å². The molecule has 5 aromatic heterocycles. The van der Waals surface area contributed by atoms with Crippen molar-refractivity contribution in [2.75, 3.05) is 0 Å². The number of H-pyrrole nitrogens is 1. The molecule has 19 heteroatoms. The van der Waals surface area contributed by atoms with Gasteiger partial charge in [-0.3, -0.25) is 14.4 Å². The summed E-state index contributed by atoms with van der Waals surface area (Å²) in [5.74, 6) is 0.501. The molecule has 3 atom stereocenters. The van der Waals surface area contributed by atoms with E-state index in [2.05, 4.69) is 47.2 Å². The lowest BCUT2D eigenvalue weighted by atomic mass is 9.77. The molecule has 0 bridgehead atoms. The molecule has 390 valence electrons. The molecule has 1 fully saturated rings. The molecule has 1 saturated heterocycles. The monoisotopic (exact) mass is 1140 g/mol. The molecule has 6 heterocycles. The minimum atomic E-state index is -0.721. The van der Waals surface area contributed by atoms with Crippen molar-refractivity contribution in [2.45, 2.75) is 106 Å². The van der Waals surface area contributed by atoms with Gasteiger partial charge in [0.05, 0.1) is 40.8 Å². The molecule has 0 amide bonds. The van der Waals surface area contributed by atoms with Gasteiger partial charge in [0.15, 0.2) is 0 Å². The van der Waals surface area contributed by atoms with Crippen LogP contribution in [0.5, 0.6) is 0 Å². The van der Waals surface area contributed by atoms with Crippen LogP contribution in [0, 0.1) is 45.1 Å². The number of aliphatic hydroxyl groups is 1. The minimum absolute atomic E-state index is 0.0757. The van der Waals surface area contributed by atoms with E-state index >= 15 is 0 Å². The first-order valence-electron chi connectivity index (χ1n) is 23.4. The summed E-state index contributed by atoms with van der Waals surface area (Å²) in [6.45, 7) is 20.9. The molecule has 74 heavy (non-hydrogen) atoms. The highest BCUT2D eigenvalue weighted by Crippen LogP contribution is 2.37. The van der Waals surface area contributed by atoms with Crippen molar-refractivity contribution in [1.82, 2.24) is 24.4 Å². The third-order valence-electron chi connectivity index (χ3n) is 12.3. The van der Waals surface area contributed by atoms with E-state index in [0.29, 0.717) is 11.3 Å². The summed E-state index contributed by atoms with van der Waals surface area (Å²) in [5.41, 5.74) is 5.13. The third-order valence-corrected chi connectivity index (χ3v) is 13.3. The molecular weight excluding hydrogens is 1090 g/mol. The van der Waals surface area contributed by atoms with Gasteiger partial charge in [0.25, 0.3) is 11.1 Å². The van der Waals surface area contributed by atoms with E-state index in [1.165, 1.54) is 48.5 Å². The number of rotatable bonds is 7. The van der Waals surface area contributed by atoms with Gasteiger partial charge in [-0.15, -0.1) is 0 Å². The number of hydrogen-bond donors (Lipinski definition) is 2. The Morgan fingerprint density at radius 2 is 1.15 bits per heavy atom. The lowest BCUT2D eigenvalue weighted by Gasteiger charge is -2.32. The van der Waals surface area contributed by atoms with Crippen LogP contribution in [0.4, 0.5) is 13.2 Å². The summed E-state index contributed by atoms with van der Waals surface area (Å²) in [5, 5.41) is 16.8. The molecule has 1 aliphatic rings. The molecule has 9 rings (SSSR count). The Hall–Kier alpha value is -6.38. The lowest BCUT2D eigenvalue weighted by Crippen LogP contribution is -2.41. The Labute approximate surface area is 444 Å². The van der Waals surface area contributed by atoms with Gasteiger partial charge in [-0.1, -0.05) is 52.8 Å². The maximum absolute atomic E-state index is 13.4. The Balaban J connectivity index is 0.000000179. The number of aryl methyl sites for hydroxylation is 4. The van der Waals surface area contributed by atoms with E-state index in [9.17, 15) is 27.6 Å². The third kappa shape index (κ3) is 15.3. The molecule has 2 N–H and O–H groups in total. The van der Waals surface area contributed by atoms with E-state index < -0.39 is 6.10 Å². The van der Waals surface area contributed by atoms with Crippen molar-refractivity contribution >= 4 is 44.4 Å². The van der Waals surface area contributed by atoms with Crippen LogP contribution in [0.25, 0.3) is 11.1 Å². The number of benzene rings is 3. The number of nitrogens with one attached hydrogen (secondary N) is 1. The van der Waals surface area contributed by atoms with Crippen molar-refractivity contribution in [2.24, 2.45) is 0 Å². The van der Waals surface area contributed by atoms with E-state index in [-0.39, 0.29) is 64.5 Å². The van der Waals surface area contributed by atoms with Crippen LogP contribution in [-0.4, -0.2) is 47.9 Å². The van der Waals surface area contributed by atoms with Gasteiger partial charge in [0, 0.05) is 67.9 Å². The van der Waals surface area contributed by atoms with Gasteiger partial charge in [0.2, 0.25) is 5.56 Å². The summed E-state index contributed by atoms with van der Waals surface area (Å²) in [6, 6.07) is 27.9. The normalized spacial score (nSPS) is 14.4. The van der Waals surface area contributed by atoms with Crippen LogP contribution in [0.1, 0.15) is 106 Å². The molecule has 1 aliphatic heterocycles. The van der Waals surface area contributed by atoms with Crippen molar-refractivity contribution in [1.29, 1.82) is 0 Å². The first kappa shape index (κ1) is 58.5. The first-order chi connectivity index (χ1) is 34.8. The Morgan fingerprint density at radius 1 is 0.635 bits per heavy atom. The number of aromatic nitrogens is 5. The smallest absolute Gasteiger partial charge is 0.399 e. The second kappa shape index (κ2) is 25.7. The maximum Gasteiger partial charge on any atom is 0.500 e. The summed E-state index contributed by atoms with van der Waals surface area (Å²) in [7, 11) is -0.378. The van der Waals surface area contributed by atoms with Gasteiger partial charge >= 0.3 is 7.12 Å². The minimum Gasteiger partial charge on any atom is -0.399 e. The average molecular weight is 1150 g/mol. The Bertz CT molecular complexity index is 3260. The molecule has 3 unspecified atom stereocenters. The van der Waals surface area contributed by atoms with Crippen molar-refractivity contribution in [3.63, 3.8) is 0 Å². The molecule has 0 saturated carbocycles. The fourth-order valence-corrected chi connectivity index (χ4v) is 8.07. The topological polar surface area (TPSA) is 168 Å². The predicted octanol–water partition coefficient (Wildman–Crippen LogP) is 11.8. The summed E-state index contributed by atoms with van der Waals surface area (Å²) < 4.78 is 66.3. The van der Waals surface area contributed by atoms with E-state index in [1.807, 2.05) is 75.3 Å². The molecule has 13 nitrogen and oxygen atoms in total. The molecule has 3 aromatic carbocycles. The second-order valence-corrected chi connectivity index (χ2v) is 20.1. The van der Waals surface area contributed by atoms with Crippen LogP contribution >= 0.6 is 31.9 Å². The largest absolute Gasteiger partial charge is 0.500 e. The molecule has 0 spiro atoms. The number of aliphatic hydroxyl groups excluding tert-OH is 1. The number of nitrogens with zero attached hydrogens (tertiary/aromatic N) is 4. The van der Waals surface area contributed by atoms with E-state index in [1.54, 1.807) is 89.2 Å². The molecule has 0 aliphatic carbocycles. The van der Waals surface area contributed by atoms with E-state index in [4.69, 9.17) is 23.5 Å². The standard InChI is InChI=1S/C18H17FN2O2.C13H11BrFNO.C11H18BNO3.C8H9FO.C5H4BrNO/c1-11-18(13(3)23-20-11)15-7-8-17(22)21(10-15)12(2)14-5-4-6-16(19)9-14;1-9(10-3-2-4-12(15)7-10)16-8-11(14)5-6-13(16)17;1-7-9(8(2)14-13-7)12-15-10(3,4)11(5,6)16-12;1-6(10)7-4-2-3-5-8(7)9;6-4-1-2-5(8)7-3-4/h4-10,12H,1-3H3;2-9H,1H3;1-6H3;2-6,10H,1H3;1-3H,(H,7,8).